The predicted octanol–water partition coefficient (Wildman–Crippen LogP) is 2.59. The number of nitrogens with zero attached hydrogens (tertiary/aromatic N) is 3. The van der Waals surface area contributed by atoms with Crippen LogP contribution in [0, 0.1) is 0 Å². The van der Waals surface area contributed by atoms with Gasteiger partial charge in [0, 0.05) is 17.8 Å². The molecule has 0 aliphatic heterocycles. The highest BCUT2D eigenvalue weighted by Crippen LogP contribution is 2.26. The Hall–Kier alpha value is -1.54. The molecule has 102 valence electrons. The fraction of sp³-hybridized carbons (Fsp3) is 0.455. The number of hydrogen-bond acceptors (Lipinski definition) is 7. The Balaban J connectivity index is 2.09. The number of aromatic nitrogens is 3. The Kier molecular flexibility index (Phi) is 3.81. The molecule has 8 heteroatoms. The lowest BCUT2D eigenvalue weighted by atomic mass is 9.93. The first-order chi connectivity index (χ1) is 8.90. The molecule has 0 aromatic carbocycles. The number of hydrogen-bond donors (Lipinski definition) is 2. The number of rotatable bonds is 3. The topological polar surface area (TPSA) is 79.8 Å². The molecule has 0 aliphatic carbocycles. The van der Waals surface area contributed by atoms with Crippen LogP contribution in [0.2, 0.25) is 0 Å². The van der Waals surface area contributed by atoms with Crippen molar-refractivity contribution in [1.29, 1.82) is 0 Å². The molecule has 2 aromatic rings. The van der Waals surface area contributed by atoms with Crippen LogP contribution >= 0.6 is 22.7 Å². The Morgan fingerprint density at radius 1 is 1.26 bits per heavy atom. The van der Waals surface area contributed by atoms with Crippen LogP contribution in [0.15, 0.2) is 5.38 Å². The highest BCUT2D eigenvalue weighted by atomic mass is 32.1. The van der Waals surface area contributed by atoms with E-state index in [2.05, 4.69) is 46.6 Å². The summed E-state index contributed by atoms with van der Waals surface area (Å²) < 4.78 is 0. The van der Waals surface area contributed by atoms with Gasteiger partial charge < -0.3 is 5.32 Å². The zero-order valence-corrected chi connectivity index (χ0v) is 12.8. The third-order valence-electron chi connectivity index (χ3n) is 2.33. The van der Waals surface area contributed by atoms with Gasteiger partial charge in [0.2, 0.25) is 10.1 Å². The van der Waals surface area contributed by atoms with E-state index in [1.165, 1.54) is 22.7 Å². The first kappa shape index (κ1) is 13.9. The molecule has 19 heavy (non-hydrogen) atoms. The van der Waals surface area contributed by atoms with E-state index >= 15 is 0 Å². The van der Waals surface area contributed by atoms with E-state index in [4.69, 9.17) is 0 Å². The second kappa shape index (κ2) is 5.22. The van der Waals surface area contributed by atoms with Crippen molar-refractivity contribution in [2.45, 2.75) is 26.2 Å². The fourth-order valence-corrected chi connectivity index (χ4v) is 2.77. The van der Waals surface area contributed by atoms with Gasteiger partial charge in [0.05, 0.1) is 5.69 Å². The average molecular weight is 297 g/mol. The Morgan fingerprint density at radius 2 is 2.00 bits per heavy atom. The molecular formula is C11H15N5OS2. The van der Waals surface area contributed by atoms with Crippen molar-refractivity contribution in [3.63, 3.8) is 0 Å². The SMILES string of the molecule is CNc1nnc(C(=O)Nc2nc(C(C)(C)C)cs2)s1. The zero-order chi connectivity index (χ0) is 14.0. The molecule has 2 N–H and O–H groups in total. The molecule has 0 bridgehead atoms. The van der Waals surface area contributed by atoms with Crippen molar-refractivity contribution in [2.24, 2.45) is 0 Å². The second-order valence-corrected chi connectivity index (χ2v) is 6.74. The number of carbonyl (C=O) groups is 1. The van der Waals surface area contributed by atoms with Gasteiger partial charge in [-0.25, -0.2) is 4.98 Å². The van der Waals surface area contributed by atoms with E-state index in [1.807, 2.05) is 5.38 Å². The van der Waals surface area contributed by atoms with Crippen molar-refractivity contribution in [1.82, 2.24) is 15.2 Å². The normalized spacial score (nSPS) is 11.4. The second-order valence-electron chi connectivity index (χ2n) is 4.90. The van der Waals surface area contributed by atoms with E-state index in [0.29, 0.717) is 15.3 Å². The minimum Gasteiger partial charge on any atom is -0.363 e. The summed E-state index contributed by atoms with van der Waals surface area (Å²) >= 11 is 2.61. The van der Waals surface area contributed by atoms with Gasteiger partial charge in [0.25, 0.3) is 5.91 Å². The minimum atomic E-state index is -0.284. The fourth-order valence-electron chi connectivity index (χ4n) is 1.24. The summed E-state index contributed by atoms with van der Waals surface area (Å²) in [6.07, 6.45) is 0. The van der Waals surface area contributed by atoms with Gasteiger partial charge in [-0.2, -0.15) is 0 Å². The molecule has 0 unspecified atom stereocenters. The number of carbonyl (C=O) groups excluding carboxylic acids is 1. The number of anilines is 2. The van der Waals surface area contributed by atoms with Crippen molar-refractivity contribution in [3.8, 4) is 0 Å². The van der Waals surface area contributed by atoms with E-state index < -0.39 is 0 Å². The van der Waals surface area contributed by atoms with Gasteiger partial charge in [-0.3, -0.25) is 10.1 Å². The summed E-state index contributed by atoms with van der Waals surface area (Å²) in [4.78, 5) is 16.3. The van der Waals surface area contributed by atoms with Crippen LogP contribution in [0.5, 0.6) is 0 Å². The molecule has 0 saturated heterocycles. The van der Waals surface area contributed by atoms with Crippen LogP contribution in [0.25, 0.3) is 0 Å². The molecule has 0 aliphatic rings. The summed E-state index contributed by atoms with van der Waals surface area (Å²) in [5.41, 5.74) is 0.933. The lowest BCUT2D eigenvalue weighted by Crippen LogP contribution is -2.14. The van der Waals surface area contributed by atoms with Crippen LogP contribution in [0.1, 0.15) is 36.3 Å². The first-order valence-electron chi connectivity index (χ1n) is 5.69. The maximum atomic E-state index is 11.9. The zero-order valence-electron chi connectivity index (χ0n) is 11.1. The summed E-state index contributed by atoms with van der Waals surface area (Å²) in [6.45, 7) is 6.24. The van der Waals surface area contributed by atoms with Crippen LogP contribution in [0.3, 0.4) is 0 Å². The number of nitrogens with one attached hydrogen (secondary N) is 2. The Morgan fingerprint density at radius 3 is 2.53 bits per heavy atom. The molecule has 0 atom stereocenters. The van der Waals surface area contributed by atoms with E-state index in [1.54, 1.807) is 7.05 Å². The van der Waals surface area contributed by atoms with Gasteiger partial charge in [-0.05, 0) is 0 Å². The van der Waals surface area contributed by atoms with Crippen LogP contribution in [-0.4, -0.2) is 28.1 Å². The molecule has 6 nitrogen and oxygen atoms in total. The Labute approximate surface area is 119 Å². The summed E-state index contributed by atoms with van der Waals surface area (Å²) in [5, 5.41) is 16.7. The maximum Gasteiger partial charge on any atom is 0.288 e. The van der Waals surface area contributed by atoms with E-state index in [-0.39, 0.29) is 11.3 Å². The third kappa shape index (κ3) is 3.27. The molecule has 0 saturated carbocycles. The molecule has 1 amide bonds. The lowest BCUT2D eigenvalue weighted by Gasteiger charge is -2.14. The van der Waals surface area contributed by atoms with Crippen LogP contribution < -0.4 is 10.6 Å². The van der Waals surface area contributed by atoms with E-state index in [9.17, 15) is 4.79 Å². The standard InChI is InChI=1S/C11H15N5OS2/c1-11(2,3)6-5-18-10(13-6)14-7(17)8-15-16-9(12-4)19-8/h5H,1-4H3,(H,12,16)(H,13,14,17). The van der Waals surface area contributed by atoms with Crippen molar-refractivity contribution >= 4 is 38.8 Å². The van der Waals surface area contributed by atoms with Crippen molar-refractivity contribution < 1.29 is 4.79 Å². The molecule has 2 heterocycles. The molecule has 2 aromatic heterocycles. The number of thiazole rings is 1. The molecule has 0 spiro atoms. The minimum absolute atomic E-state index is 0.0263. The van der Waals surface area contributed by atoms with E-state index in [0.717, 1.165) is 5.69 Å². The molecular weight excluding hydrogens is 282 g/mol. The van der Waals surface area contributed by atoms with Gasteiger partial charge >= 0.3 is 0 Å². The molecule has 0 radical (unpaired) electrons. The molecule has 0 fully saturated rings. The summed E-state index contributed by atoms with van der Waals surface area (Å²) in [6, 6.07) is 0. The number of amides is 1. The largest absolute Gasteiger partial charge is 0.363 e. The van der Waals surface area contributed by atoms with Gasteiger partial charge in [0.1, 0.15) is 0 Å². The molecule has 2 rings (SSSR count). The third-order valence-corrected chi connectivity index (χ3v) is 4.02. The highest BCUT2D eigenvalue weighted by molar-refractivity contribution is 7.17. The first-order valence-corrected chi connectivity index (χ1v) is 7.38. The Bertz CT molecular complexity index is 584. The van der Waals surface area contributed by atoms with Crippen molar-refractivity contribution in [2.75, 3.05) is 17.7 Å². The average Bonchev–Trinajstić information content (AvgIpc) is 2.95. The van der Waals surface area contributed by atoms with Gasteiger partial charge in [-0.15, -0.1) is 21.5 Å². The monoisotopic (exact) mass is 297 g/mol. The maximum absolute atomic E-state index is 11.9. The van der Waals surface area contributed by atoms with Crippen LogP contribution in [-0.2, 0) is 5.41 Å². The van der Waals surface area contributed by atoms with Gasteiger partial charge in [-0.1, -0.05) is 32.1 Å². The summed E-state index contributed by atoms with van der Waals surface area (Å²) in [5.74, 6) is -0.284. The van der Waals surface area contributed by atoms with Crippen LogP contribution in [0.4, 0.5) is 10.3 Å². The lowest BCUT2D eigenvalue weighted by molar-refractivity contribution is 0.102. The predicted molar refractivity (Wildman–Crippen MR) is 78.2 cm³/mol. The quantitative estimate of drug-likeness (QED) is 0.910. The smallest absolute Gasteiger partial charge is 0.288 e. The van der Waals surface area contributed by atoms with Gasteiger partial charge in [0.15, 0.2) is 5.13 Å². The highest BCUT2D eigenvalue weighted by Gasteiger charge is 2.19. The summed E-state index contributed by atoms with van der Waals surface area (Å²) in [7, 11) is 1.73. The van der Waals surface area contributed by atoms with Crippen molar-refractivity contribution in [3.05, 3.63) is 16.1 Å².